The van der Waals surface area contributed by atoms with Crippen LogP contribution in [0.25, 0.3) is 11.8 Å². The average molecular weight is 305 g/mol. The highest BCUT2D eigenvalue weighted by Gasteiger charge is 2.12. The molecule has 0 saturated carbocycles. The van der Waals surface area contributed by atoms with Gasteiger partial charge >= 0.3 is 0 Å². The first kappa shape index (κ1) is 15.5. The van der Waals surface area contributed by atoms with Gasteiger partial charge in [0.25, 0.3) is 0 Å². The minimum absolute atomic E-state index is 0.879. The third-order valence-electron chi connectivity index (χ3n) is 4.17. The van der Waals surface area contributed by atoms with Gasteiger partial charge in [0, 0.05) is 12.3 Å². The lowest BCUT2D eigenvalue weighted by Crippen LogP contribution is -1.99. The molecule has 0 spiro atoms. The number of ether oxygens (including phenoxy) is 1. The Morgan fingerprint density at radius 1 is 1.17 bits per heavy atom. The molecule has 0 bridgehead atoms. The molecule has 0 aliphatic carbocycles. The Bertz CT molecular complexity index is 784. The monoisotopic (exact) mass is 305 g/mol. The van der Waals surface area contributed by atoms with Crippen LogP contribution in [0.15, 0.2) is 53.9 Å². The third kappa shape index (κ3) is 3.33. The fraction of sp³-hybridized carbons (Fsp3) is 0.286. The highest BCUT2D eigenvalue weighted by Crippen LogP contribution is 2.27. The normalized spacial score (nSPS) is 13.2. The lowest BCUT2D eigenvalue weighted by atomic mass is 10.1. The van der Waals surface area contributed by atoms with Gasteiger partial charge in [0.15, 0.2) is 0 Å². The van der Waals surface area contributed by atoms with Crippen LogP contribution in [0.1, 0.15) is 43.5 Å². The standard InChI is InChI=1S/C21H23NO/c1-4-5-6-17-14-19-10-7-16(2)13-21(22(19)15-17)18-8-11-20(23-3)12-9-18/h8-15H,4-6H2,1-3H3. The maximum atomic E-state index is 5.27. The van der Waals surface area contributed by atoms with Crippen molar-refractivity contribution in [2.75, 3.05) is 7.11 Å². The van der Waals surface area contributed by atoms with E-state index in [0.29, 0.717) is 0 Å². The molecule has 1 aliphatic rings. The predicted molar refractivity (Wildman–Crippen MR) is 96.6 cm³/mol. The van der Waals surface area contributed by atoms with Gasteiger partial charge in [0.1, 0.15) is 5.75 Å². The fourth-order valence-electron chi connectivity index (χ4n) is 2.86. The first-order valence-corrected chi connectivity index (χ1v) is 8.22. The van der Waals surface area contributed by atoms with Crippen molar-refractivity contribution in [2.45, 2.75) is 33.1 Å². The van der Waals surface area contributed by atoms with Crippen molar-refractivity contribution in [1.82, 2.24) is 4.57 Å². The molecule has 0 unspecified atom stereocenters. The van der Waals surface area contributed by atoms with Gasteiger partial charge in [-0.1, -0.05) is 13.3 Å². The number of aryl methyl sites for hydroxylation is 1. The van der Waals surface area contributed by atoms with Gasteiger partial charge in [0.05, 0.1) is 18.5 Å². The summed E-state index contributed by atoms with van der Waals surface area (Å²) in [6.07, 6.45) is 10.1. The van der Waals surface area contributed by atoms with Crippen LogP contribution in [0, 0.1) is 0 Å². The maximum Gasteiger partial charge on any atom is 0.118 e. The van der Waals surface area contributed by atoms with E-state index in [1.165, 1.54) is 35.4 Å². The molecule has 0 saturated heterocycles. The number of allylic oxidation sites excluding steroid dienone is 2. The van der Waals surface area contributed by atoms with Crippen LogP contribution in [-0.2, 0) is 6.42 Å². The number of methoxy groups -OCH3 is 1. The van der Waals surface area contributed by atoms with Crippen molar-refractivity contribution < 1.29 is 4.74 Å². The first-order valence-electron chi connectivity index (χ1n) is 8.22. The van der Waals surface area contributed by atoms with Crippen LogP contribution in [0.5, 0.6) is 5.75 Å². The summed E-state index contributed by atoms with van der Waals surface area (Å²) in [6, 6.07) is 10.5. The van der Waals surface area contributed by atoms with Crippen LogP contribution >= 0.6 is 0 Å². The molecule has 0 atom stereocenters. The third-order valence-corrected chi connectivity index (χ3v) is 4.17. The summed E-state index contributed by atoms with van der Waals surface area (Å²) in [5.74, 6) is 0.879. The summed E-state index contributed by atoms with van der Waals surface area (Å²) in [4.78, 5) is 0. The van der Waals surface area contributed by atoms with E-state index >= 15 is 0 Å². The Hall–Kier alpha value is -2.44. The maximum absolute atomic E-state index is 5.27. The van der Waals surface area contributed by atoms with Crippen LogP contribution in [0.3, 0.4) is 0 Å². The molecule has 2 heterocycles. The Morgan fingerprint density at radius 3 is 2.65 bits per heavy atom. The smallest absolute Gasteiger partial charge is 0.118 e. The Morgan fingerprint density at radius 2 is 1.96 bits per heavy atom. The van der Waals surface area contributed by atoms with Crippen molar-refractivity contribution >= 4 is 11.8 Å². The van der Waals surface area contributed by atoms with Gasteiger partial charge in [0.2, 0.25) is 0 Å². The number of aromatic nitrogens is 1. The summed E-state index contributed by atoms with van der Waals surface area (Å²) in [6.45, 7) is 4.32. The van der Waals surface area contributed by atoms with Crippen LogP contribution in [-0.4, -0.2) is 11.7 Å². The van der Waals surface area contributed by atoms with E-state index in [1.807, 2.05) is 12.1 Å². The predicted octanol–water partition coefficient (Wildman–Crippen LogP) is 5.30. The largest absolute Gasteiger partial charge is 0.497 e. The quantitative estimate of drug-likeness (QED) is 0.684. The molecule has 0 radical (unpaired) electrons. The van der Waals surface area contributed by atoms with Crippen molar-refractivity contribution in [2.24, 2.45) is 0 Å². The number of rotatable bonds is 5. The van der Waals surface area contributed by atoms with E-state index in [4.69, 9.17) is 4.74 Å². The van der Waals surface area contributed by atoms with Crippen molar-refractivity contribution in [3.63, 3.8) is 0 Å². The van der Waals surface area contributed by atoms with Crippen LogP contribution in [0.4, 0.5) is 0 Å². The second-order valence-electron chi connectivity index (χ2n) is 5.98. The average Bonchev–Trinajstić information content (AvgIpc) is 2.92. The summed E-state index contributed by atoms with van der Waals surface area (Å²) >= 11 is 0. The Labute approximate surface area is 138 Å². The molecule has 1 aromatic heterocycles. The van der Waals surface area contributed by atoms with E-state index in [2.05, 4.69) is 60.7 Å². The molecule has 23 heavy (non-hydrogen) atoms. The van der Waals surface area contributed by atoms with Crippen molar-refractivity contribution in [3.8, 4) is 5.75 Å². The lowest BCUT2D eigenvalue weighted by molar-refractivity contribution is 0.415. The number of nitrogens with zero attached hydrogens (tertiary/aromatic N) is 1. The zero-order chi connectivity index (χ0) is 16.2. The van der Waals surface area contributed by atoms with E-state index < -0.39 is 0 Å². The molecule has 0 fully saturated rings. The minimum atomic E-state index is 0.879. The topological polar surface area (TPSA) is 14.2 Å². The second kappa shape index (κ2) is 6.76. The SMILES string of the molecule is CCCCc1cc2n(c1)C(c1ccc(OC)cc1)=CC(C)=C=C2. The van der Waals surface area contributed by atoms with E-state index in [0.717, 1.165) is 17.7 Å². The molecule has 3 rings (SSSR count). The van der Waals surface area contributed by atoms with Gasteiger partial charge in [-0.25, -0.2) is 0 Å². The first-order chi connectivity index (χ1) is 11.2. The summed E-state index contributed by atoms with van der Waals surface area (Å²) < 4.78 is 7.54. The van der Waals surface area contributed by atoms with Gasteiger partial charge < -0.3 is 9.30 Å². The molecule has 1 aliphatic heterocycles. The summed E-state index contributed by atoms with van der Waals surface area (Å²) in [5.41, 5.74) is 9.44. The highest BCUT2D eigenvalue weighted by molar-refractivity contribution is 5.73. The van der Waals surface area contributed by atoms with E-state index in [1.54, 1.807) is 7.11 Å². The molecule has 0 N–H and O–H groups in total. The number of fused-ring (bicyclic) bond motifs is 1. The molecule has 1 aromatic carbocycles. The Balaban J connectivity index is 2.04. The molecule has 2 aromatic rings. The number of unbranched alkanes of at least 4 members (excludes halogenated alkanes) is 1. The lowest BCUT2D eigenvalue weighted by Gasteiger charge is -2.12. The molecule has 2 nitrogen and oxygen atoms in total. The van der Waals surface area contributed by atoms with E-state index in [-0.39, 0.29) is 0 Å². The molecule has 2 heteroatoms. The molecule has 0 amide bonds. The second-order valence-corrected chi connectivity index (χ2v) is 5.98. The van der Waals surface area contributed by atoms with Gasteiger partial charge in [-0.2, -0.15) is 0 Å². The van der Waals surface area contributed by atoms with E-state index in [9.17, 15) is 0 Å². The zero-order valence-electron chi connectivity index (χ0n) is 14.1. The van der Waals surface area contributed by atoms with Crippen molar-refractivity contribution in [1.29, 1.82) is 0 Å². The summed E-state index contributed by atoms with van der Waals surface area (Å²) in [5, 5.41) is 0. The Kier molecular flexibility index (Phi) is 4.55. The minimum Gasteiger partial charge on any atom is -0.497 e. The number of benzene rings is 1. The molecule has 118 valence electrons. The van der Waals surface area contributed by atoms with Gasteiger partial charge in [-0.05, 0) is 72.9 Å². The number of hydrogen-bond acceptors (Lipinski definition) is 1. The summed E-state index contributed by atoms with van der Waals surface area (Å²) in [7, 11) is 1.70. The van der Waals surface area contributed by atoms with Crippen molar-refractivity contribution in [3.05, 3.63) is 70.7 Å². The molecular weight excluding hydrogens is 282 g/mol. The number of hydrogen-bond donors (Lipinski definition) is 0. The zero-order valence-corrected chi connectivity index (χ0v) is 14.1. The fourth-order valence-corrected chi connectivity index (χ4v) is 2.86. The van der Waals surface area contributed by atoms with Crippen LogP contribution < -0.4 is 4.74 Å². The van der Waals surface area contributed by atoms with Gasteiger partial charge in [-0.15, -0.1) is 5.73 Å². The van der Waals surface area contributed by atoms with Crippen LogP contribution in [0.2, 0.25) is 0 Å². The molecular formula is C21H23NO. The van der Waals surface area contributed by atoms with Gasteiger partial charge in [-0.3, -0.25) is 0 Å². The highest BCUT2D eigenvalue weighted by atomic mass is 16.5.